The van der Waals surface area contributed by atoms with Gasteiger partial charge in [-0.2, -0.15) is 13.2 Å². The van der Waals surface area contributed by atoms with Crippen molar-refractivity contribution in [2.24, 2.45) is 17.6 Å². The van der Waals surface area contributed by atoms with E-state index >= 15 is 0 Å². The maximum absolute atomic E-state index is 12.4. The summed E-state index contributed by atoms with van der Waals surface area (Å²) in [5.41, 5.74) is 5.05. The Hall–Kier alpha value is -0.780. The summed E-state index contributed by atoms with van der Waals surface area (Å²) in [5.74, 6) is -2.22. The Kier molecular flexibility index (Phi) is 5.78. The van der Waals surface area contributed by atoms with Crippen molar-refractivity contribution >= 4 is 5.97 Å². The van der Waals surface area contributed by atoms with Crippen molar-refractivity contribution < 1.29 is 22.7 Å². The van der Waals surface area contributed by atoms with Gasteiger partial charge in [-0.05, 0) is 12.3 Å². The van der Waals surface area contributed by atoms with E-state index in [-0.39, 0.29) is 12.3 Å². The number of ether oxygens (including phenoxy) is 1. The fourth-order valence-corrected chi connectivity index (χ4v) is 1.37. The van der Waals surface area contributed by atoms with Crippen LogP contribution >= 0.6 is 0 Å². The maximum atomic E-state index is 12.4. The molecule has 0 fully saturated rings. The highest BCUT2D eigenvalue weighted by Gasteiger charge is 2.45. The van der Waals surface area contributed by atoms with E-state index < -0.39 is 24.1 Å². The summed E-state index contributed by atoms with van der Waals surface area (Å²) >= 11 is 0. The van der Waals surface area contributed by atoms with E-state index in [1.807, 2.05) is 6.92 Å². The fraction of sp³-hybridized carbons (Fsp3) is 0.900. The van der Waals surface area contributed by atoms with E-state index in [0.29, 0.717) is 6.42 Å². The van der Waals surface area contributed by atoms with Crippen LogP contribution in [0.1, 0.15) is 26.7 Å². The summed E-state index contributed by atoms with van der Waals surface area (Å²) in [6.07, 6.45) is -3.80. The van der Waals surface area contributed by atoms with Crippen LogP contribution in [0, 0.1) is 11.8 Å². The largest absolute Gasteiger partial charge is 0.469 e. The quantitative estimate of drug-likeness (QED) is 0.750. The molecule has 3 atom stereocenters. The first-order valence-electron chi connectivity index (χ1n) is 5.14. The molecule has 0 aromatic heterocycles. The summed E-state index contributed by atoms with van der Waals surface area (Å²) in [6, 6.07) is -2.16. The molecule has 3 nitrogen and oxygen atoms in total. The van der Waals surface area contributed by atoms with Crippen molar-refractivity contribution in [3.8, 4) is 0 Å². The van der Waals surface area contributed by atoms with Gasteiger partial charge in [-0.3, -0.25) is 4.79 Å². The van der Waals surface area contributed by atoms with Crippen LogP contribution in [-0.2, 0) is 9.53 Å². The van der Waals surface area contributed by atoms with E-state index in [9.17, 15) is 18.0 Å². The van der Waals surface area contributed by atoms with Gasteiger partial charge in [0.1, 0.15) is 6.04 Å². The predicted molar refractivity (Wildman–Crippen MR) is 53.6 cm³/mol. The van der Waals surface area contributed by atoms with Gasteiger partial charge in [0.2, 0.25) is 0 Å². The van der Waals surface area contributed by atoms with Crippen LogP contribution < -0.4 is 5.73 Å². The van der Waals surface area contributed by atoms with Gasteiger partial charge in [-0.1, -0.05) is 20.3 Å². The number of carbonyl (C=O) groups is 1. The number of methoxy groups -OCH3 is 1. The van der Waals surface area contributed by atoms with Crippen LogP contribution in [0.4, 0.5) is 13.2 Å². The van der Waals surface area contributed by atoms with Crippen molar-refractivity contribution in [1.29, 1.82) is 0 Å². The molecule has 0 saturated heterocycles. The number of esters is 1. The number of nitrogens with two attached hydrogens (primary N) is 1. The predicted octanol–water partition coefficient (Wildman–Crippen LogP) is 2.10. The summed E-state index contributed by atoms with van der Waals surface area (Å²) in [7, 11) is 1.06. The smallest absolute Gasteiger partial charge is 0.404 e. The molecule has 0 aliphatic rings. The second kappa shape index (κ2) is 6.08. The molecule has 0 saturated carbocycles. The van der Waals surface area contributed by atoms with Crippen LogP contribution in [0.25, 0.3) is 0 Å². The third kappa shape index (κ3) is 4.38. The third-order valence-corrected chi connectivity index (χ3v) is 2.67. The van der Waals surface area contributed by atoms with E-state index in [1.54, 1.807) is 6.92 Å². The molecule has 6 heteroatoms. The van der Waals surface area contributed by atoms with Crippen LogP contribution in [0.5, 0.6) is 0 Å². The normalized spacial score (nSPS) is 17.7. The average Bonchev–Trinajstić information content (AvgIpc) is 2.22. The molecule has 0 radical (unpaired) electrons. The Morgan fingerprint density at radius 1 is 1.44 bits per heavy atom. The molecular weight excluding hydrogens is 223 g/mol. The zero-order valence-corrected chi connectivity index (χ0v) is 9.67. The second-order valence-corrected chi connectivity index (χ2v) is 3.95. The Labute approximate surface area is 93.1 Å². The van der Waals surface area contributed by atoms with Gasteiger partial charge in [-0.25, -0.2) is 0 Å². The van der Waals surface area contributed by atoms with E-state index in [4.69, 9.17) is 5.73 Å². The zero-order valence-electron chi connectivity index (χ0n) is 9.67. The lowest BCUT2D eigenvalue weighted by atomic mass is 9.88. The lowest BCUT2D eigenvalue weighted by Gasteiger charge is -2.25. The molecule has 0 spiro atoms. The van der Waals surface area contributed by atoms with Gasteiger partial charge in [0.25, 0.3) is 0 Å². The van der Waals surface area contributed by atoms with Crippen LogP contribution in [-0.4, -0.2) is 25.3 Å². The minimum atomic E-state index is -4.58. The van der Waals surface area contributed by atoms with Crippen molar-refractivity contribution in [2.75, 3.05) is 7.11 Å². The first-order chi connectivity index (χ1) is 7.23. The molecule has 0 aliphatic heterocycles. The number of carbonyl (C=O) groups excluding carboxylic acids is 1. The number of alkyl halides is 3. The second-order valence-electron chi connectivity index (χ2n) is 3.95. The van der Waals surface area contributed by atoms with Crippen molar-refractivity contribution in [2.45, 2.75) is 38.9 Å². The summed E-state index contributed by atoms with van der Waals surface area (Å²) in [6.45, 7) is 3.62. The molecule has 0 heterocycles. The highest BCUT2D eigenvalue weighted by molar-refractivity contribution is 5.73. The molecule has 0 aromatic carbocycles. The first kappa shape index (κ1) is 15.2. The lowest BCUT2D eigenvalue weighted by molar-refractivity contribution is -0.176. The minimum Gasteiger partial charge on any atom is -0.469 e. The molecule has 2 N–H and O–H groups in total. The Balaban J connectivity index is 4.74. The van der Waals surface area contributed by atoms with Crippen molar-refractivity contribution in [3.63, 3.8) is 0 Å². The summed E-state index contributed by atoms with van der Waals surface area (Å²) < 4.78 is 41.6. The molecule has 16 heavy (non-hydrogen) atoms. The van der Waals surface area contributed by atoms with Gasteiger partial charge in [0, 0.05) is 0 Å². The van der Waals surface area contributed by atoms with E-state index in [1.165, 1.54) is 0 Å². The first-order valence-corrected chi connectivity index (χ1v) is 5.14. The SMILES string of the molecule is CCC(C)C[C@@H](C(=O)OC)[C@@H](N)C(F)(F)F. The monoisotopic (exact) mass is 241 g/mol. The minimum absolute atomic E-state index is 0.00231. The molecule has 0 aromatic rings. The maximum Gasteiger partial charge on any atom is 0.404 e. The topological polar surface area (TPSA) is 52.3 Å². The third-order valence-electron chi connectivity index (χ3n) is 2.67. The molecule has 1 unspecified atom stereocenters. The average molecular weight is 241 g/mol. The van der Waals surface area contributed by atoms with Gasteiger partial charge < -0.3 is 10.5 Å². The molecule has 0 amide bonds. The highest BCUT2D eigenvalue weighted by Crippen LogP contribution is 2.29. The molecule has 0 rings (SSSR count). The van der Waals surface area contributed by atoms with Gasteiger partial charge in [-0.15, -0.1) is 0 Å². The fourth-order valence-electron chi connectivity index (χ4n) is 1.37. The van der Waals surface area contributed by atoms with Gasteiger partial charge in [0.15, 0.2) is 0 Å². The lowest BCUT2D eigenvalue weighted by Crippen LogP contribution is -2.47. The molecular formula is C10H18F3NO2. The standard InChI is InChI=1S/C10H18F3NO2/c1-4-6(2)5-7(9(15)16-3)8(14)10(11,12)13/h6-8H,4-5,14H2,1-3H3/t6?,7-,8-/m1/s1. The summed E-state index contributed by atoms with van der Waals surface area (Å²) in [4.78, 5) is 11.2. The number of hydrogen-bond acceptors (Lipinski definition) is 3. The number of halogens is 3. The molecule has 0 bridgehead atoms. The van der Waals surface area contributed by atoms with Crippen LogP contribution in [0.15, 0.2) is 0 Å². The Bertz CT molecular complexity index is 231. The zero-order chi connectivity index (χ0) is 12.9. The van der Waals surface area contributed by atoms with Crippen molar-refractivity contribution in [1.82, 2.24) is 0 Å². The molecule has 0 aliphatic carbocycles. The van der Waals surface area contributed by atoms with Crippen molar-refractivity contribution in [3.05, 3.63) is 0 Å². The van der Waals surface area contributed by atoms with Crippen LogP contribution in [0.3, 0.4) is 0 Å². The van der Waals surface area contributed by atoms with E-state index in [2.05, 4.69) is 4.74 Å². The Morgan fingerprint density at radius 2 is 1.94 bits per heavy atom. The number of hydrogen-bond donors (Lipinski definition) is 1. The Morgan fingerprint density at radius 3 is 2.25 bits per heavy atom. The van der Waals surface area contributed by atoms with Gasteiger partial charge in [0.05, 0.1) is 13.0 Å². The highest BCUT2D eigenvalue weighted by atomic mass is 19.4. The van der Waals surface area contributed by atoms with Crippen LogP contribution in [0.2, 0.25) is 0 Å². The summed E-state index contributed by atoms with van der Waals surface area (Å²) in [5, 5.41) is 0. The number of rotatable bonds is 5. The van der Waals surface area contributed by atoms with E-state index in [0.717, 1.165) is 7.11 Å². The van der Waals surface area contributed by atoms with Gasteiger partial charge >= 0.3 is 12.1 Å². The molecule has 96 valence electrons.